The number of anilines is 1. The Bertz CT molecular complexity index is 857. The van der Waals surface area contributed by atoms with Gasteiger partial charge in [-0.2, -0.15) is 0 Å². The maximum Gasteiger partial charge on any atom is 0.249 e. The zero-order valence-corrected chi connectivity index (χ0v) is 19.3. The number of unbranched alkanes of at least 4 members (excludes halogenated alkanes) is 1. The van der Waals surface area contributed by atoms with Crippen LogP contribution in [0.5, 0.6) is 0 Å². The van der Waals surface area contributed by atoms with Crippen LogP contribution in [0.1, 0.15) is 52.4 Å². The van der Waals surface area contributed by atoms with E-state index >= 15 is 0 Å². The molecule has 6 nitrogen and oxygen atoms in total. The fourth-order valence-electron chi connectivity index (χ4n) is 3.69. The van der Waals surface area contributed by atoms with E-state index in [2.05, 4.69) is 38.4 Å². The summed E-state index contributed by atoms with van der Waals surface area (Å²) in [7, 11) is 0. The number of hydrogen-bond acceptors (Lipinski definition) is 5. The second-order valence-electron chi connectivity index (χ2n) is 7.35. The largest absolute Gasteiger partial charge is 0.330 e. The van der Waals surface area contributed by atoms with Crippen LogP contribution < -0.4 is 5.32 Å². The molecule has 2 atom stereocenters. The van der Waals surface area contributed by atoms with Crippen molar-refractivity contribution in [3.63, 3.8) is 0 Å². The minimum absolute atomic E-state index is 0.00742. The normalized spacial score (nSPS) is 17.3. The van der Waals surface area contributed by atoms with Gasteiger partial charge < -0.3 is 4.90 Å². The molecule has 1 aromatic heterocycles. The van der Waals surface area contributed by atoms with Crippen LogP contribution in [-0.4, -0.2) is 39.5 Å². The third kappa shape index (κ3) is 5.42. The predicted octanol–water partition coefficient (Wildman–Crippen LogP) is 5.11. The topological polar surface area (TPSA) is 75.2 Å². The minimum Gasteiger partial charge on any atom is -0.330 e. The van der Waals surface area contributed by atoms with Crippen molar-refractivity contribution in [2.75, 3.05) is 11.9 Å². The number of rotatable bonds is 8. The highest BCUT2D eigenvalue weighted by Crippen LogP contribution is 2.29. The molecule has 0 saturated carbocycles. The van der Waals surface area contributed by atoms with Gasteiger partial charge in [0.05, 0.1) is 0 Å². The number of likely N-dealkylation sites (tertiary alicyclic amines) is 1. The summed E-state index contributed by atoms with van der Waals surface area (Å²) in [4.78, 5) is 27.6. The molecule has 156 valence electrons. The molecule has 0 aliphatic carbocycles. The number of nitrogens with one attached hydrogen (secondary N) is 1. The highest BCUT2D eigenvalue weighted by molar-refractivity contribution is 9.10. The van der Waals surface area contributed by atoms with Crippen LogP contribution in [0.15, 0.2) is 28.7 Å². The van der Waals surface area contributed by atoms with E-state index in [9.17, 15) is 9.59 Å². The first kappa shape index (κ1) is 21.9. The van der Waals surface area contributed by atoms with Gasteiger partial charge >= 0.3 is 0 Å². The van der Waals surface area contributed by atoms with Crippen LogP contribution in [-0.2, 0) is 9.59 Å². The second kappa shape index (κ2) is 10.3. The van der Waals surface area contributed by atoms with E-state index in [4.69, 9.17) is 0 Å². The van der Waals surface area contributed by atoms with Crippen molar-refractivity contribution in [3.05, 3.63) is 28.7 Å². The smallest absolute Gasteiger partial charge is 0.249 e. The summed E-state index contributed by atoms with van der Waals surface area (Å²) >= 11 is 4.79. The Morgan fingerprint density at radius 1 is 1.34 bits per heavy atom. The third-order valence-corrected chi connectivity index (χ3v) is 6.69. The van der Waals surface area contributed by atoms with Gasteiger partial charge in [-0.25, -0.2) is 0 Å². The molecule has 1 aromatic carbocycles. The summed E-state index contributed by atoms with van der Waals surface area (Å²) in [5, 5.41) is 12.4. The zero-order chi connectivity index (χ0) is 20.8. The average Bonchev–Trinajstić information content (AvgIpc) is 3.38. The van der Waals surface area contributed by atoms with Gasteiger partial charge in [0.25, 0.3) is 0 Å². The van der Waals surface area contributed by atoms with Crippen LogP contribution >= 0.6 is 27.3 Å². The Labute approximate surface area is 184 Å². The van der Waals surface area contributed by atoms with Crippen molar-refractivity contribution < 1.29 is 9.59 Å². The summed E-state index contributed by atoms with van der Waals surface area (Å²) in [6, 6.07) is 7.38. The number of carbonyl (C=O) groups excluding carboxylic acids is 2. The highest BCUT2D eigenvalue weighted by atomic mass is 79.9. The Kier molecular flexibility index (Phi) is 7.77. The maximum atomic E-state index is 13.0. The minimum atomic E-state index is -0.420. The summed E-state index contributed by atoms with van der Waals surface area (Å²) < 4.78 is 0.962. The zero-order valence-electron chi connectivity index (χ0n) is 16.9. The fourth-order valence-corrected chi connectivity index (χ4v) is 4.83. The van der Waals surface area contributed by atoms with E-state index in [1.807, 2.05) is 31.2 Å². The van der Waals surface area contributed by atoms with Crippen LogP contribution in [0.3, 0.4) is 0 Å². The Morgan fingerprint density at radius 3 is 2.90 bits per heavy atom. The van der Waals surface area contributed by atoms with Crippen molar-refractivity contribution in [1.82, 2.24) is 15.1 Å². The van der Waals surface area contributed by atoms with Gasteiger partial charge in [0.1, 0.15) is 11.0 Å². The molecule has 1 N–H and O–H groups in total. The van der Waals surface area contributed by atoms with Gasteiger partial charge in [-0.1, -0.05) is 66.1 Å². The van der Waals surface area contributed by atoms with Crippen molar-refractivity contribution in [3.8, 4) is 10.6 Å². The van der Waals surface area contributed by atoms with Crippen molar-refractivity contribution in [2.24, 2.45) is 5.92 Å². The second-order valence-corrected chi connectivity index (χ2v) is 9.24. The van der Waals surface area contributed by atoms with E-state index in [1.165, 1.54) is 11.3 Å². The SMILES string of the molecule is CCCCC(CC)C(=O)N1CCCC1C(=O)Nc1nnc(-c2cccc(Br)c2)s1. The lowest BCUT2D eigenvalue weighted by atomic mass is 9.97. The number of benzene rings is 1. The molecule has 1 aliphatic heterocycles. The lowest BCUT2D eigenvalue weighted by Gasteiger charge is -2.27. The molecule has 2 amide bonds. The number of aromatic nitrogens is 2. The van der Waals surface area contributed by atoms with Gasteiger partial charge in [-0.15, -0.1) is 10.2 Å². The average molecular weight is 479 g/mol. The molecule has 1 fully saturated rings. The quantitative estimate of drug-likeness (QED) is 0.571. The van der Waals surface area contributed by atoms with Crippen molar-refractivity contribution >= 4 is 44.2 Å². The van der Waals surface area contributed by atoms with Gasteiger partial charge in [0.2, 0.25) is 16.9 Å². The Balaban J connectivity index is 1.66. The number of carbonyl (C=O) groups is 2. The molecular weight excluding hydrogens is 452 g/mol. The van der Waals surface area contributed by atoms with Gasteiger partial charge in [0, 0.05) is 22.5 Å². The number of hydrogen-bond donors (Lipinski definition) is 1. The predicted molar refractivity (Wildman–Crippen MR) is 120 cm³/mol. The lowest BCUT2D eigenvalue weighted by Crippen LogP contribution is -2.45. The molecule has 0 radical (unpaired) electrons. The molecule has 3 rings (SSSR count). The molecule has 2 heterocycles. The number of amides is 2. The summed E-state index contributed by atoms with van der Waals surface area (Å²) in [5.74, 6) is -0.0446. The van der Waals surface area contributed by atoms with E-state index < -0.39 is 6.04 Å². The van der Waals surface area contributed by atoms with Crippen LogP contribution in [0.2, 0.25) is 0 Å². The molecule has 0 bridgehead atoms. The molecule has 2 aromatic rings. The van der Waals surface area contributed by atoms with E-state index in [-0.39, 0.29) is 17.7 Å². The van der Waals surface area contributed by atoms with Gasteiger partial charge in [-0.3, -0.25) is 14.9 Å². The molecule has 0 spiro atoms. The fraction of sp³-hybridized carbons (Fsp3) is 0.524. The van der Waals surface area contributed by atoms with Crippen molar-refractivity contribution in [1.29, 1.82) is 0 Å². The van der Waals surface area contributed by atoms with E-state index in [0.29, 0.717) is 18.1 Å². The monoisotopic (exact) mass is 478 g/mol. The first-order valence-corrected chi connectivity index (χ1v) is 11.8. The standard InChI is InChI=1S/C21H27BrN4O2S/c1-3-5-8-14(4-2)20(28)26-12-7-11-17(26)18(27)23-21-25-24-19(29-21)15-9-6-10-16(22)13-15/h6,9-10,13-14,17H,3-5,7-8,11-12H2,1-2H3,(H,23,25,27). The molecule has 29 heavy (non-hydrogen) atoms. The van der Waals surface area contributed by atoms with Crippen LogP contribution in [0, 0.1) is 5.92 Å². The molecule has 8 heteroatoms. The first-order chi connectivity index (χ1) is 14.0. The highest BCUT2D eigenvalue weighted by Gasteiger charge is 2.36. The van der Waals surface area contributed by atoms with Crippen molar-refractivity contribution in [2.45, 2.75) is 58.4 Å². The molecular formula is C21H27BrN4O2S. The van der Waals surface area contributed by atoms with E-state index in [1.54, 1.807) is 4.90 Å². The molecule has 1 saturated heterocycles. The maximum absolute atomic E-state index is 13.0. The summed E-state index contributed by atoms with van der Waals surface area (Å²) in [6.07, 6.45) is 5.37. The molecule has 2 unspecified atom stereocenters. The Hall–Kier alpha value is -1.80. The summed E-state index contributed by atoms with van der Waals surface area (Å²) in [5.41, 5.74) is 0.941. The third-order valence-electron chi connectivity index (χ3n) is 5.31. The van der Waals surface area contributed by atoms with Crippen LogP contribution in [0.25, 0.3) is 10.6 Å². The van der Waals surface area contributed by atoms with Gasteiger partial charge in [-0.05, 0) is 37.8 Å². The van der Waals surface area contributed by atoms with E-state index in [0.717, 1.165) is 47.1 Å². The first-order valence-electron chi connectivity index (χ1n) is 10.2. The summed E-state index contributed by atoms with van der Waals surface area (Å²) in [6.45, 7) is 4.83. The van der Waals surface area contributed by atoms with Gasteiger partial charge in [0.15, 0.2) is 0 Å². The van der Waals surface area contributed by atoms with Crippen LogP contribution in [0.4, 0.5) is 5.13 Å². The number of halogens is 1. The molecule has 1 aliphatic rings. The lowest BCUT2D eigenvalue weighted by molar-refractivity contribution is -0.140. The Morgan fingerprint density at radius 2 is 2.17 bits per heavy atom. The number of nitrogens with zero attached hydrogens (tertiary/aromatic N) is 3.